The Bertz CT molecular complexity index is 390. The second-order valence-electron chi connectivity index (χ2n) is 3.79. The molecule has 0 unspecified atom stereocenters. The molecule has 1 fully saturated rings. The molecule has 3 N–H and O–H groups in total. The lowest BCUT2D eigenvalue weighted by Gasteiger charge is -2.04. The van der Waals surface area contributed by atoms with Gasteiger partial charge in [0.15, 0.2) is 5.84 Å². The van der Waals surface area contributed by atoms with Crippen LogP contribution in [0.2, 0.25) is 0 Å². The number of amidine groups is 1. The van der Waals surface area contributed by atoms with Crippen molar-refractivity contribution in [3.05, 3.63) is 18.0 Å². The summed E-state index contributed by atoms with van der Waals surface area (Å²) in [6.07, 6.45) is 5.16. The molecule has 0 bridgehead atoms. The van der Waals surface area contributed by atoms with Crippen LogP contribution in [-0.2, 0) is 0 Å². The van der Waals surface area contributed by atoms with Gasteiger partial charge in [0, 0.05) is 6.20 Å². The largest absolute Gasteiger partial charge is 0.463 e. The van der Waals surface area contributed by atoms with Gasteiger partial charge in [-0.3, -0.25) is 0 Å². The highest BCUT2D eigenvalue weighted by Crippen LogP contribution is 2.32. The number of ether oxygens (including phenoxy) is 1. The third-order valence-corrected chi connectivity index (χ3v) is 2.46. The molecule has 1 aliphatic rings. The van der Waals surface area contributed by atoms with Crippen LogP contribution < -0.4 is 10.5 Å². The van der Waals surface area contributed by atoms with Crippen LogP contribution in [0, 0.1) is 5.92 Å². The van der Waals surface area contributed by atoms with Crippen molar-refractivity contribution in [2.24, 2.45) is 16.8 Å². The lowest BCUT2D eigenvalue weighted by Crippen LogP contribution is -2.16. The van der Waals surface area contributed by atoms with Crippen LogP contribution in [0.3, 0.4) is 0 Å². The summed E-state index contributed by atoms with van der Waals surface area (Å²) in [5.41, 5.74) is 5.76. The normalized spacial score (nSPS) is 16.1. The summed E-state index contributed by atoms with van der Waals surface area (Å²) in [6.45, 7) is 0.615. The Hall–Kier alpha value is -1.85. The molecule has 0 aromatic carbocycles. The molecule has 0 atom stereocenters. The molecule has 6 nitrogen and oxygen atoms in total. The average Bonchev–Trinajstić information content (AvgIpc) is 3.12. The summed E-state index contributed by atoms with van der Waals surface area (Å²) in [6, 6.07) is 1.83. The number of hydrogen-bond acceptors (Lipinski definition) is 5. The van der Waals surface area contributed by atoms with Gasteiger partial charge in [0.1, 0.15) is 5.69 Å². The number of hydrogen-bond donors (Lipinski definition) is 2. The standard InChI is InChI=1S/C10H14N4O2/c11-9(14-15)8-3-5-12-10(13-8)16-6-4-7-1-2-7/h3,5,7,15H,1-2,4,6H2,(H2,11,14). The van der Waals surface area contributed by atoms with Crippen molar-refractivity contribution in [2.45, 2.75) is 19.3 Å². The second kappa shape index (κ2) is 4.78. The maximum atomic E-state index is 8.50. The van der Waals surface area contributed by atoms with E-state index in [2.05, 4.69) is 15.1 Å². The molecule has 2 rings (SSSR count). The Morgan fingerprint density at radius 2 is 2.44 bits per heavy atom. The highest BCUT2D eigenvalue weighted by atomic mass is 16.5. The smallest absolute Gasteiger partial charge is 0.317 e. The Morgan fingerprint density at radius 3 is 3.12 bits per heavy atom. The molecule has 1 aliphatic carbocycles. The van der Waals surface area contributed by atoms with Gasteiger partial charge in [0.05, 0.1) is 6.61 Å². The van der Waals surface area contributed by atoms with E-state index in [1.54, 1.807) is 6.07 Å². The van der Waals surface area contributed by atoms with Crippen LogP contribution in [0.1, 0.15) is 25.0 Å². The number of nitrogens with two attached hydrogens (primary N) is 1. The molecule has 6 heteroatoms. The molecule has 0 amide bonds. The predicted octanol–water partition coefficient (Wildman–Crippen LogP) is 0.750. The van der Waals surface area contributed by atoms with Gasteiger partial charge in [0.2, 0.25) is 0 Å². The zero-order chi connectivity index (χ0) is 11.4. The van der Waals surface area contributed by atoms with Crippen LogP contribution in [-0.4, -0.2) is 27.6 Å². The zero-order valence-corrected chi connectivity index (χ0v) is 8.83. The van der Waals surface area contributed by atoms with Gasteiger partial charge >= 0.3 is 6.01 Å². The summed E-state index contributed by atoms with van der Waals surface area (Å²) in [7, 11) is 0. The summed E-state index contributed by atoms with van der Waals surface area (Å²) in [5, 5.41) is 11.4. The fourth-order valence-electron chi connectivity index (χ4n) is 1.33. The number of nitrogens with zero attached hydrogens (tertiary/aromatic N) is 3. The number of rotatable bonds is 5. The molecule has 1 heterocycles. The Balaban J connectivity index is 1.92. The van der Waals surface area contributed by atoms with Crippen molar-refractivity contribution in [1.29, 1.82) is 0 Å². The topological polar surface area (TPSA) is 93.6 Å². The van der Waals surface area contributed by atoms with Gasteiger partial charge in [-0.05, 0) is 18.4 Å². The monoisotopic (exact) mass is 222 g/mol. The summed E-state index contributed by atoms with van der Waals surface area (Å²) in [4.78, 5) is 7.96. The van der Waals surface area contributed by atoms with E-state index in [0.29, 0.717) is 12.3 Å². The van der Waals surface area contributed by atoms with Gasteiger partial charge in [-0.1, -0.05) is 18.0 Å². The molecule has 0 spiro atoms. The minimum atomic E-state index is -0.0468. The van der Waals surface area contributed by atoms with Crippen molar-refractivity contribution in [2.75, 3.05) is 6.61 Å². The first-order chi connectivity index (χ1) is 7.79. The zero-order valence-electron chi connectivity index (χ0n) is 8.83. The molecular weight excluding hydrogens is 208 g/mol. The third kappa shape index (κ3) is 2.82. The first-order valence-electron chi connectivity index (χ1n) is 5.23. The van der Waals surface area contributed by atoms with E-state index in [1.807, 2.05) is 0 Å². The number of aromatic nitrogens is 2. The molecule has 0 saturated heterocycles. The summed E-state index contributed by atoms with van der Waals surface area (Å²) < 4.78 is 5.38. The molecule has 0 aliphatic heterocycles. The average molecular weight is 222 g/mol. The SMILES string of the molecule is N/C(=N/O)c1ccnc(OCCC2CC2)n1. The van der Waals surface area contributed by atoms with Crippen LogP contribution in [0.15, 0.2) is 17.4 Å². The van der Waals surface area contributed by atoms with E-state index < -0.39 is 0 Å². The Morgan fingerprint density at radius 1 is 1.62 bits per heavy atom. The summed E-state index contributed by atoms with van der Waals surface area (Å²) in [5.74, 6) is 0.765. The van der Waals surface area contributed by atoms with E-state index in [1.165, 1.54) is 19.0 Å². The molecule has 1 aromatic heterocycles. The van der Waals surface area contributed by atoms with Crippen LogP contribution in [0.5, 0.6) is 6.01 Å². The highest BCUT2D eigenvalue weighted by Gasteiger charge is 2.20. The van der Waals surface area contributed by atoms with Crippen molar-refractivity contribution in [3.8, 4) is 6.01 Å². The first-order valence-corrected chi connectivity index (χ1v) is 5.23. The van der Waals surface area contributed by atoms with E-state index in [9.17, 15) is 0 Å². The lowest BCUT2D eigenvalue weighted by atomic mass is 10.3. The van der Waals surface area contributed by atoms with Gasteiger partial charge in [-0.2, -0.15) is 4.98 Å². The van der Waals surface area contributed by atoms with E-state index in [4.69, 9.17) is 15.7 Å². The van der Waals surface area contributed by atoms with Crippen LogP contribution in [0.25, 0.3) is 0 Å². The van der Waals surface area contributed by atoms with Gasteiger partial charge < -0.3 is 15.7 Å². The quantitative estimate of drug-likeness (QED) is 0.332. The maximum absolute atomic E-state index is 8.50. The highest BCUT2D eigenvalue weighted by molar-refractivity contribution is 5.95. The molecule has 1 aromatic rings. The first kappa shape index (κ1) is 10.7. The van der Waals surface area contributed by atoms with Gasteiger partial charge in [0.25, 0.3) is 0 Å². The van der Waals surface area contributed by atoms with Crippen LogP contribution in [0.4, 0.5) is 0 Å². The predicted molar refractivity (Wildman–Crippen MR) is 57.4 cm³/mol. The second-order valence-corrected chi connectivity index (χ2v) is 3.79. The van der Waals surface area contributed by atoms with Crippen LogP contribution >= 0.6 is 0 Å². The van der Waals surface area contributed by atoms with Gasteiger partial charge in [-0.25, -0.2) is 4.98 Å². The third-order valence-electron chi connectivity index (χ3n) is 2.46. The van der Waals surface area contributed by atoms with E-state index >= 15 is 0 Å². The lowest BCUT2D eigenvalue weighted by molar-refractivity contribution is 0.279. The van der Waals surface area contributed by atoms with E-state index in [-0.39, 0.29) is 11.8 Å². The van der Waals surface area contributed by atoms with E-state index in [0.717, 1.165) is 12.3 Å². The number of oxime groups is 1. The molecule has 1 saturated carbocycles. The Kier molecular flexibility index (Phi) is 3.19. The molecular formula is C10H14N4O2. The van der Waals surface area contributed by atoms with Gasteiger partial charge in [-0.15, -0.1) is 0 Å². The minimum Gasteiger partial charge on any atom is -0.463 e. The molecule has 16 heavy (non-hydrogen) atoms. The van der Waals surface area contributed by atoms with Crippen molar-refractivity contribution in [3.63, 3.8) is 0 Å². The Labute approximate surface area is 93.2 Å². The fraction of sp³-hybridized carbons (Fsp3) is 0.500. The minimum absolute atomic E-state index is 0.0468. The fourth-order valence-corrected chi connectivity index (χ4v) is 1.33. The molecule has 0 radical (unpaired) electrons. The maximum Gasteiger partial charge on any atom is 0.317 e. The van der Waals surface area contributed by atoms with Crippen molar-refractivity contribution in [1.82, 2.24) is 9.97 Å². The van der Waals surface area contributed by atoms with Crippen molar-refractivity contribution >= 4 is 5.84 Å². The summed E-state index contributed by atoms with van der Waals surface area (Å²) >= 11 is 0. The molecule has 86 valence electrons. The van der Waals surface area contributed by atoms with Crippen molar-refractivity contribution < 1.29 is 9.94 Å².